The Bertz CT molecular complexity index is 302. The summed E-state index contributed by atoms with van der Waals surface area (Å²) >= 11 is 0. The first kappa shape index (κ1) is 11.1. The van der Waals surface area contributed by atoms with Gasteiger partial charge < -0.3 is 4.74 Å². The van der Waals surface area contributed by atoms with Crippen LogP contribution in [0.5, 0.6) is 5.75 Å². The molecule has 0 unspecified atom stereocenters. The molecule has 1 nitrogen and oxygen atoms in total. The van der Waals surface area contributed by atoms with Crippen LogP contribution in [-0.2, 0) is 12.8 Å². The fourth-order valence-corrected chi connectivity index (χ4v) is 1.82. The van der Waals surface area contributed by atoms with Crippen LogP contribution in [0.1, 0.15) is 37.5 Å². The van der Waals surface area contributed by atoms with E-state index in [1.54, 1.807) is 0 Å². The van der Waals surface area contributed by atoms with Gasteiger partial charge in [0.25, 0.3) is 0 Å². The van der Waals surface area contributed by atoms with Gasteiger partial charge in [-0.15, -0.1) is 0 Å². The zero-order valence-corrected chi connectivity index (χ0v) is 9.68. The standard InChI is InChI=1S/C13H20O/c1-5-11-9-8-10(4)12(6-2)13(11)14-7-3/h8-9H,5-7H2,1-4H3. The number of benzene rings is 1. The van der Waals surface area contributed by atoms with Crippen molar-refractivity contribution in [3.63, 3.8) is 0 Å². The monoisotopic (exact) mass is 192 g/mol. The van der Waals surface area contributed by atoms with Crippen molar-refractivity contribution in [1.82, 2.24) is 0 Å². The molecule has 0 aromatic heterocycles. The topological polar surface area (TPSA) is 9.23 Å². The maximum Gasteiger partial charge on any atom is 0.125 e. The molecule has 0 radical (unpaired) electrons. The van der Waals surface area contributed by atoms with E-state index in [0.717, 1.165) is 25.2 Å². The third kappa shape index (κ3) is 2.09. The number of hydrogen-bond acceptors (Lipinski definition) is 1. The molecule has 1 aromatic carbocycles. The number of hydrogen-bond donors (Lipinski definition) is 0. The highest BCUT2D eigenvalue weighted by atomic mass is 16.5. The van der Waals surface area contributed by atoms with Gasteiger partial charge in [0.05, 0.1) is 6.61 Å². The molecule has 0 bridgehead atoms. The summed E-state index contributed by atoms with van der Waals surface area (Å²) in [5, 5.41) is 0. The van der Waals surface area contributed by atoms with E-state index >= 15 is 0 Å². The number of rotatable bonds is 4. The zero-order chi connectivity index (χ0) is 10.6. The lowest BCUT2D eigenvalue weighted by atomic mass is 10.00. The van der Waals surface area contributed by atoms with Crippen LogP contribution in [0.15, 0.2) is 12.1 Å². The average Bonchev–Trinajstić information content (AvgIpc) is 2.19. The molecule has 0 amide bonds. The van der Waals surface area contributed by atoms with Gasteiger partial charge in [-0.25, -0.2) is 0 Å². The minimum atomic E-state index is 0.753. The van der Waals surface area contributed by atoms with Gasteiger partial charge in [-0.2, -0.15) is 0 Å². The first-order chi connectivity index (χ1) is 6.74. The van der Waals surface area contributed by atoms with Crippen LogP contribution in [0.2, 0.25) is 0 Å². The molecular formula is C13H20O. The zero-order valence-electron chi connectivity index (χ0n) is 9.68. The van der Waals surface area contributed by atoms with Crippen LogP contribution in [0.4, 0.5) is 0 Å². The Kier molecular flexibility index (Phi) is 3.99. The van der Waals surface area contributed by atoms with Crippen LogP contribution < -0.4 is 4.74 Å². The molecule has 1 aromatic rings. The Morgan fingerprint density at radius 3 is 2.29 bits per heavy atom. The molecule has 14 heavy (non-hydrogen) atoms. The molecule has 0 saturated heterocycles. The van der Waals surface area contributed by atoms with Gasteiger partial charge in [-0.1, -0.05) is 26.0 Å². The Labute approximate surface area is 87.1 Å². The quantitative estimate of drug-likeness (QED) is 0.709. The Hall–Kier alpha value is -0.980. The van der Waals surface area contributed by atoms with Crippen molar-refractivity contribution in [1.29, 1.82) is 0 Å². The summed E-state index contributed by atoms with van der Waals surface area (Å²) in [6.45, 7) is 9.31. The van der Waals surface area contributed by atoms with Crippen molar-refractivity contribution < 1.29 is 4.74 Å². The summed E-state index contributed by atoms with van der Waals surface area (Å²) < 4.78 is 5.73. The van der Waals surface area contributed by atoms with Crippen LogP contribution >= 0.6 is 0 Å². The van der Waals surface area contributed by atoms with Gasteiger partial charge in [0, 0.05) is 0 Å². The molecule has 0 aliphatic rings. The van der Waals surface area contributed by atoms with E-state index in [1.165, 1.54) is 16.7 Å². The maximum absolute atomic E-state index is 5.73. The highest BCUT2D eigenvalue weighted by molar-refractivity contribution is 5.46. The highest BCUT2D eigenvalue weighted by Crippen LogP contribution is 2.28. The van der Waals surface area contributed by atoms with Crippen LogP contribution in [0.25, 0.3) is 0 Å². The number of aryl methyl sites for hydroxylation is 2. The summed E-state index contributed by atoms with van der Waals surface area (Å²) in [5.74, 6) is 1.12. The van der Waals surface area contributed by atoms with Gasteiger partial charge >= 0.3 is 0 Å². The molecule has 1 heteroatoms. The molecule has 1 rings (SSSR count). The summed E-state index contributed by atoms with van der Waals surface area (Å²) in [7, 11) is 0. The van der Waals surface area contributed by atoms with E-state index in [0.29, 0.717) is 0 Å². The van der Waals surface area contributed by atoms with Crippen molar-refractivity contribution in [3.05, 3.63) is 28.8 Å². The van der Waals surface area contributed by atoms with E-state index in [-0.39, 0.29) is 0 Å². The first-order valence-corrected chi connectivity index (χ1v) is 5.48. The van der Waals surface area contributed by atoms with Crippen molar-refractivity contribution in [2.75, 3.05) is 6.61 Å². The predicted octanol–water partition coefficient (Wildman–Crippen LogP) is 3.52. The summed E-state index contributed by atoms with van der Waals surface area (Å²) in [4.78, 5) is 0. The second-order valence-corrected chi connectivity index (χ2v) is 3.49. The van der Waals surface area contributed by atoms with Gasteiger partial charge in [0.2, 0.25) is 0 Å². The van der Waals surface area contributed by atoms with E-state index < -0.39 is 0 Å². The van der Waals surface area contributed by atoms with E-state index in [1.807, 2.05) is 6.92 Å². The van der Waals surface area contributed by atoms with E-state index in [4.69, 9.17) is 4.74 Å². The van der Waals surface area contributed by atoms with Crippen LogP contribution in [0.3, 0.4) is 0 Å². The van der Waals surface area contributed by atoms with Crippen molar-refractivity contribution >= 4 is 0 Å². The highest BCUT2D eigenvalue weighted by Gasteiger charge is 2.09. The Morgan fingerprint density at radius 2 is 1.79 bits per heavy atom. The molecule has 0 saturated carbocycles. The third-order valence-electron chi connectivity index (χ3n) is 2.60. The second kappa shape index (κ2) is 5.04. The lowest BCUT2D eigenvalue weighted by molar-refractivity contribution is 0.333. The van der Waals surface area contributed by atoms with Crippen LogP contribution in [0, 0.1) is 6.92 Å². The Morgan fingerprint density at radius 1 is 1.07 bits per heavy atom. The Balaban J connectivity index is 3.21. The van der Waals surface area contributed by atoms with Crippen molar-refractivity contribution in [2.45, 2.75) is 40.5 Å². The molecular weight excluding hydrogens is 172 g/mol. The SMILES string of the molecule is CCOc1c(CC)ccc(C)c1CC. The largest absolute Gasteiger partial charge is 0.493 e. The molecule has 78 valence electrons. The first-order valence-electron chi connectivity index (χ1n) is 5.48. The molecule has 0 spiro atoms. The number of ether oxygens (including phenoxy) is 1. The summed E-state index contributed by atoms with van der Waals surface area (Å²) in [5.41, 5.74) is 4.04. The molecule has 0 aliphatic heterocycles. The maximum atomic E-state index is 5.73. The van der Waals surface area contributed by atoms with Gasteiger partial charge in [0.15, 0.2) is 0 Å². The van der Waals surface area contributed by atoms with E-state index in [2.05, 4.69) is 32.9 Å². The smallest absolute Gasteiger partial charge is 0.125 e. The molecule has 0 heterocycles. The molecule has 0 fully saturated rings. The molecule has 0 atom stereocenters. The fourth-order valence-electron chi connectivity index (χ4n) is 1.82. The van der Waals surface area contributed by atoms with Gasteiger partial charge in [0.1, 0.15) is 5.75 Å². The van der Waals surface area contributed by atoms with Gasteiger partial charge in [-0.05, 0) is 43.4 Å². The average molecular weight is 192 g/mol. The van der Waals surface area contributed by atoms with Gasteiger partial charge in [-0.3, -0.25) is 0 Å². The minimum absolute atomic E-state index is 0.753. The third-order valence-corrected chi connectivity index (χ3v) is 2.60. The summed E-state index contributed by atoms with van der Waals surface area (Å²) in [6, 6.07) is 4.37. The van der Waals surface area contributed by atoms with Crippen molar-refractivity contribution in [2.24, 2.45) is 0 Å². The van der Waals surface area contributed by atoms with Crippen molar-refractivity contribution in [3.8, 4) is 5.75 Å². The van der Waals surface area contributed by atoms with Crippen LogP contribution in [-0.4, -0.2) is 6.61 Å². The normalized spacial score (nSPS) is 10.3. The lowest BCUT2D eigenvalue weighted by Gasteiger charge is -2.15. The fraction of sp³-hybridized carbons (Fsp3) is 0.538. The van der Waals surface area contributed by atoms with E-state index in [9.17, 15) is 0 Å². The molecule has 0 aliphatic carbocycles. The minimum Gasteiger partial charge on any atom is -0.493 e. The summed E-state index contributed by atoms with van der Waals surface area (Å²) in [6.07, 6.45) is 2.09. The predicted molar refractivity (Wildman–Crippen MR) is 61.1 cm³/mol. The lowest BCUT2D eigenvalue weighted by Crippen LogP contribution is -2.01. The second-order valence-electron chi connectivity index (χ2n) is 3.49. The molecule has 0 N–H and O–H groups in total.